The molecular weight excluding hydrogens is 271 g/mol. The van der Waals surface area contributed by atoms with E-state index >= 15 is 0 Å². The van der Waals surface area contributed by atoms with E-state index in [0.29, 0.717) is 0 Å². The van der Waals surface area contributed by atoms with E-state index in [9.17, 15) is 14.5 Å². The van der Waals surface area contributed by atoms with Gasteiger partial charge in [-0.15, -0.1) is 0 Å². The van der Waals surface area contributed by atoms with Crippen molar-refractivity contribution in [3.05, 3.63) is 40.2 Å². The van der Waals surface area contributed by atoms with Crippen LogP contribution in [0.2, 0.25) is 0 Å². The molecule has 0 spiro atoms. The molecule has 0 amide bonds. The first-order valence-corrected chi connectivity index (χ1v) is 5.23. The van der Waals surface area contributed by atoms with E-state index in [-0.39, 0.29) is 17.6 Å². The third-order valence-electron chi connectivity index (χ3n) is 2.22. The molecule has 1 aromatic carbocycles. The summed E-state index contributed by atoms with van der Waals surface area (Å²) in [6.07, 6.45) is 0. The molecular formula is C10H9FN6O3. The normalized spacial score (nSPS) is 10.1. The van der Waals surface area contributed by atoms with E-state index in [1.54, 1.807) is 0 Å². The maximum atomic E-state index is 13.6. The van der Waals surface area contributed by atoms with Crippen LogP contribution < -0.4 is 21.7 Å². The number of hydrogen-bond donors (Lipinski definition) is 3. The van der Waals surface area contributed by atoms with Crippen LogP contribution in [0.4, 0.5) is 21.8 Å². The molecule has 20 heavy (non-hydrogen) atoms. The molecule has 9 nitrogen and oxygen atoms in total. The number of rotatable bonds is 4. The number of nitrogens with one attached hydrogen (secondary N) is 1. The van der Waals surface area contributed by atoms with Gasteiger partial charge in [-0.05, 0) is 6.07 Å². The van der Waals surface area contributed by atoms with E-state index in [1.807, 2.05) is 0 Å². The number of nitrogens with zero attached hydrogens (tertiary/aromatic N) is 3. The molecule has 10 heteroatoms. The van der Waals surface area contributed by atoms with Gasteiger partial charge in [0.25, 0.3) is 0 Å². The minimum Gasteiger partial charge on any atom is -0.428 e. The van der Waals surface area contributed by atoms with Gasteiger partial charge in [-0.3, -0.25) is 10.1 Å². The van der Waals surface area contributed by atoms with E-state index in [2.05, 4.69) is 15.4 Å². The van der Waals surface area contributed by atoms with E-state index in [1.165, 1.54) is 12.1 Å². The second-order valence-electron chi connectivity index (χ2n) is 3.54. The van der Waals surface area contributed by atoms with Gasteiger partial charge in [-0.25, -0.2) is 10.2 Å². The number of hydrogen-bond acceptors (Lipinski definition) is 8. The van der Waals surface area contributed by atoms with Crippen LogP contribution >= 0.6 is 0 Å². The minimum atomic E-state index is -0.904. The van der Waals surface area contributed by atoms with Crippen molar-refractivity contribution in [2.24, 2.45) is 5.84 Å². The highest BCUT2D eigenvalue weighted by atomic mass is 19.1. The second kappa shape index (κ2) is 5.32. The number of halogens is 1. The SMILES string of the molecule is NNc1cc(Oc2c(F)cccc2[N+](=O)[O-])nc(N)n1. The first kappa shape index (κ1) is 13.4. The molecule has 0 bridgehead atoms. The number of nitrogen functional groups attached to an aromatic ring is 2. The lowest BCUT2D eigenvalue weighted by molar-refractivity contribution is -0.385. The molecule has 0 unspecified atom stereocenters. The molecule has 2 aromatic rings. The Morgan fingerprint density at radius 2 is 2.15 bits per heavy atom. The Balaban J connectivity index is 2.44. The van der Waals surface area contributed by atoms with Crippen molar-refractivity contribution < 1.29 is 14.1 Å². The molecule has 0 radical (unpaired) electrons. The van der Waals surface area contributed by atoms with Gasteiger partial charge in [0.1, 0.15) is 5.82 Å². The Labute approximate surface area is 111 Å². The van der Waals surface area contributed by atoms with E-state index < -0.39 is 22.2 Å². The van der Waals surface area contributed by atoms with Crippen molar-refractivity contribution in [1.29, 1.82) is 0 Å². The predicted molar refractivity (Wildman–Crippen MR) is 67.4 cm³/mol. The Morgan fingerprint density at radius 3 is 2.80 bits per heavy atom. The molecule has 0 saturated heterocycles. The molecule has 2 rings (SSSR count). The average molecular weight is 280 g/mol. The third-order valence-corrected chi connectivity index (χ3v) is 2.22. The summed E-state index contributed by atoms with van der Waals surface area (Å²) in [6, 6.07) is 4.54. The molecule has 0 aliphatic rings. The summed E-state index contributed by atoms with van der Waals surface area (Å²) in [5.41, 5.74) is 7.07. The first-order chi connectivity index (χ1) is 9.51. The quantitative estimate of drug-likeness (QED) is 0.430. The monoisotopic (exact) mass is 280 g/mol. The lowest BCUT2D eigenvalue weighted by Crippen LogP contribution is -2.10. The zero-order valence-electron chi connectivity index (χ0n) is 9.91. The smallest absolute Gasteiger partial charge is 0.314 e. The number of para-hydroxylation sites is 1. The van der Waals surface area contributed by atoms with Crippen molar-refractivity contribution in [2.45, 2.75) is 0 Å². The number of nitrogens with two attached hydrogens (primary N) is 2. The average Bonchev–Trinajstić information content (AvgIpc) is 2.40. The summed E-state index contributed by atoms with van der Waals surface area (Å²) >= 11 is 0. The van der Waals surface area contributed by atoms with Crippen LogP contribution in [0.3, 0.4) is 0 Å². The number of nitro groups is 1. The van der Waals surface area contributed by atoms with Crippen molar-refractivity contribution in [3.63, 3.8) is 0 Å². The van der Waals surface area contributed by atoms with Crippen LogP contribution in [-0.4, -0.2) is 14.9 Å². The van der Waals surface area contributed by atoms with Crippen molar-refractivity contribution in [3.8, 4) is 11.6 Å². The number of hydrazine groups is 1. The number of benzene rings is 1. The molecule has 0 saturated carbocycles. The molecule has 0 aliphatic heterocycles. The zero-order chi connectivity index (χ0) is 14.7. The highest BCUT2D eigenvalue weighted by Crippen LogP contribution is 2.33. The molecule has 5 N–H and O–H groups in total. The number of aromatic nitrogens is 2. The summed E-state index contributed by atoms with van der Waals surface area (Å²) in [5.74, 6) is 3.43. The number of nitro benzene ring substituents is 1. The van der Waals surface area contributed by atoms with Crippen LogP contribution in [0.25, 0.3) is 0 Å². The Morgan fingerprint density at radius 1 is 1.40 bits per heavy atom. The van der Waals surface area contributed by atoms with Crippen LogP contribution in [0, 0.1) is 15.9 Å². The van der Waals surface area contributed by atoms with E-state index in [4.69, 9.17) is 16.3 Å². The van der Waals surface area contributed by atoms with Gasteiger partial charge in [-0.1, -0.05) is 6.07 Å². The molecule has 1 heterocycles. The fourth-order valence-electron chi connectivity index (χ4n) is 1.42. The molecule has 0 aliphatic carbocycles. The molecule has 0 atom stereocenters. The number of ether oxygens (including phenoxy) is 1. The summed E-state index contributed by atoms with van der Waals surface area (Å²) in [5, 5.41) is 10.8. The van der Waals surface area contributed by atoms with Crippen LogP contribution in [-0.2, 0) is 0 Å². The lowest BCUT2D eigenvalue weighted by atomic mass is 10.3. The van der Waals surface area contributed by atoms with Crippen molar-refractivity contribution in [1.82, 2.24) is 9.97 Å². The van der Waals surface area contributed by atoms with Gasteiger partial charge < -0.3 is 15.9 Å². The summed E-state index contributed by atoms with van der Waals surface area (Å²) in [6.45, 7) is 0. The fraction of sp³-hybridized carbons (Fsp3) is 0. The molecule has 104 valence electrons. The Hall–Kier alpha value is -3.01. The van der Waals surface area contributed by atoms with Gasteiger partial charge in [0, 0.05) is 12.1 Å². The van der Waals surface area contributed by atoms with Gasteiger partial charge in [-0.2, -0.15) is 9.97 Å². The Bertz CT molecular complexity index is 665. The lowest BCUT2D eigenvalue weighted by Gasteiger charge is -2.08. The van der Waals surface area contributed by atoms with Crippen LogP contribution in [0.5, 0.6) is 11.6 Å². The van der Waals surface area contributed by atoms with Gasteiger partial charge in [0.05, 0.1) is 4.92 Å². The van der Waals surface area contributed by atoms with Crippen LogP contribution in [0.1, 0.15) is 0 Å². The van der Waals surface area contributed by atoms with Gasteiger partial charge >= 0.3 is 5.69 Å². The van der Waals surface area contributed by atoms with Crippen molar-refractivity contribution >= 4 is 17.5 Å². The van der Waals surface area contributed by atoms with Gasteiger partial charge in [0.15, 0.2) is 5.82 Å². The zero-order valence-corrected chi connectivity index (χ0v) is 9.91. The second-order valence-corrected chi connectivity index (χ2v) is 3.54. The van der Waals surface area contributed by atoms with Gasteiger partial charge in [0.2, 0.25) is 17.6 Å². The van der Waals surface area contributed by atoms with E-state index in [0.717, 1.165) is 12.1 Å². The van der Waals surface area contributed by atoms with Crippen molar-refractivity contribution in [2.75, 3.05) is 11.2 Å². The van der Waals surface area contributed by atoms with Crippen LogP contribution in [0.15, 0.2) is 24.3 Å². The topological polar surface area (TPSA) is 142 Å². The maximum Gasteiger partial charge on any atom is 0.314 e. The fourth-order valence-corrected chi connectivity index (χ4v) is 1.42. The minimum absolute atomic E-state index is 0.117. The summed E-state index contributed by atoms with van der Waals surface area (Å²) < 4.78 is 18.7. The molecule has 0 fully saturated rings. The highest BCUT2D eigenvalue weighted by molar-refractivity contribution is 5.50. The predicted octanol–water partition coefficient (Wildman–Crippen LogP) is 1.18. The third kappa shape index (κ3) is 2.70. The molecule has 1 aromatic heterocycles. The summed E-state index contributed by atoms with van der Waals surface area (Å²) in [4.78, 5) is 17.4. The largest absolute Gasteiger partial charge is 0.428 e. The summed E-state index contributed by atoms with van der Waals surface area (Å²) in [7, 11) is 0. The standard InChI is InChI=1S/C10H9FN6O3/c11-5-2-1-3-6(17(18)19)9(5)20-8-4-7(16-13)14-10(12)15-8/h1-4H,13H2,(H3,12,14,15,16). The Kier molecular flexibility index (Phi) is 3.57. The maximum absolute atomic E-state index is 13.6. The highest BCUT2D eigenvalue weighted by Gasteiger charge is 2.21. The first-order valence-electron chi connectivity index (χ1n) is 5.23. The number of anilines is 2.